The van der Waals surface area contributed by atoms with Crippen molar-refractivity contribution in [3.05, 3.63) is 95.6 Å². The molecule has 0 spiro atoms. The summed E-state index contributed by atoms with van der Waals surface area (Å²) in [6, 6.07) is 22.0. The van der Waals surface area contributed by atoms with E-state index in [1.54, 1.807) is 50.2 Å². The number of nitrogens with one attached hydrogen (secondary N) is 1. The van der Waals surface area contributed by atoms with Crippen LogP contribution in [0.25, 0.3) is 0 Å². The van der Waals surface area contributed by atoms with Crippen molar-refractivity contribution in [1.82, 2.24) is 10.2 Å². The van der Waals surface area contributed by atoms with Crippen molar-refractivity contribution < 1.29 is 18.0 Å². The summed E-state index contributed by atoms with van der Waals surface area (Å²) in [5.41, 5.74) is 3.05. The van der Waals surface area contributed by atoms with Crippen LogP contribution in [0, 0.1) is 19.8 Å². The summed E-state index contributed by atoms with van der Waals surface area (Å²) in [5.74, 6) is -0.506. The van der Waals surface area contributed by atoms with Crippen molar-refractivity contribution in [3.63, 3.8) is 0 Å². The largest absolute Gasteiger partial charge is 0.354 e. The van der Waals surface area contributed by atoms with Crippen LogP contribution in [0.5, 0.6) is 0 Å². The minimum atomic E-state index is -4.07. The highest BCUT2D eigenvalue weighted by atomic mass is 32.2. The molecule has 7 nitrogen and oxygen atoms in total. The van der Waals surface area contributed by atoms with Gasteiger partial charge in [-0.3, -0.25) is 13.9 Å². The molecule has 3 aromatic rings. The fourth-order valence-corrected chi connectivity index (χ4v) is 5.50. The second kappa shape index (κ2) is 12.7. The topological polar surface area (TPSA) is 86.8 Å². The lowest BCUT2D eigenvalue weighted by Crippen LogP contribution is -2.51. The van der Waals surface area contributed by atoms with E-state index in [0.29, 0.717) is 17.8 Å². The number of anilines is 1. The predicted octanol–water partition coefficient (Wildman–Crippen LogP) is 4.69. The van der Waals surface area contributed by atoms with Gasteiger partial charge in [0, 0.05) is 13.1 Å². The lowest BCUT2D eigenvalue weighted by molar-refractivity contribution is -0.139. The summed E-state index contributed by atoms with van der Waals surface area (Å²) in [6.07, 6.45) is 0. The van der Waals surface area contributed by atoms with Crippen molar-refractivity contribution >= 4 is 27.5 Å². The first-order valence-electron chi connectivity index (χ1n) is 12.8. The van der Waals surface area contributed by atoms with Crippen LogP contribution < -0.4 is 9.62 Å². The zero-order valence-electron chi connectivity index (χ0n) is 22.7. The third-order valence-corrected chi connectivity index (χ3v) is 8.09. The van der Waals surface area contributed by atoms with E-state index in [2.05, 4.69) is 5.32 Å². The highest BCUT2D eigenvalue weighted by molar-refractivity contribution is 7.92. The summed E-state index contributed by atoms with van der Waals surface area (Å²) in [6.45, 7) is 9.64. The quantitative estimate of drug-likeness (QED) is 0.386. The van der Waals surface area contributed by atoms with E-state index in [9.17, 15) is 18.0 Å². The van der Waals surface area contributed by atoms with Crippen LogP contribution in [-0.2, 0) is 26.2 Å². The molecular weight excluding hydrogens is 498 g/mol. The Labute approximate surface area is 226 Å². The number of aryl methyl sites for hydroxylation is 2. The Morgan fingerprint density at radius 3 is 2.05 bits per heavy atom. The van der Waals surface area contributed by atoms with Gasteiger partial charge in [0.1, 0.15) is 12.6 Å². The Morgan fingerprint density at radius 2 is 1.45 bits per heavy atom. The second-order valence-corrected chi connectivity index (χ2v) is 11.8. The van der Waals surface area contributed by atoms with E-state index < -0.39 is 28.5 Å². The Bertz CT molecular complexity index is 1340. The number of amides is 2. The van der Waals surface area contributed by atoms with Crippen molar-refractivity contribution in [1.29, 1.82) is 0 Å². The monoisotopic (exact) mass is 535 g/mol. The molecule has 1 N–H and O–H groups in total. The first-order valence-corrected chi connectivity index (χ1v) is 14.2. The van der Waals surface area contributed by atoms with E-state index in [4.69, 9.17) is 0 Å². The molecular formula is C30H37N3O4S. The van der Waals surface area contributed by atoms with Gasteiger partial charge in [0.2, 0.25) is 11.8 Å². The summed E-state index contributed by atoms with van der Waals surface area (Å²) >= 11 is 0. The van der Waals surface area contributed by atoms with Gasteiger partial charge in [0.05, 0.1) is 10.6 Å². The van der Waals surface area contributed by atoms with Crippen LogP contribution in [0.4, 0.5) is 5.69 Å². The molecule has 0 bridgehead atoms. The van der Waals surface area contributed by atoms with Gasteiger partial charge in [-0.15, -0.1) is 0 Å². The minimum Gasteiger partial charge on any atom is -0.354 e. The third kappa shape index (κ3) is 7.22. The maximum atomic E-state index is 13.9. The van der Waals surface area contributed by atoms with Crippen molar-refractivity contribution in [3.8, 4) is 0 Å². The van der Waals surface area contributed by atoms with E-state index in [-0.39, 0.29) is 23.3 Å². The second-order valence-electron chi connectivity index (χ2n) is 9.93. The Hall–Kier alpha value is -3.65. The van der Waals surface area contributed by atoms with E-state index in [0.717, 1.165) is 15.4 Å². The molecule has 0 saturated carbocycles. The molecule has 3 aromatic carbocycles. The molecule has 0 aromatic heterocycles. The molecule has 1 atom stereocenters. The highest BCUT2D eigenvalue weighted by Crippen LogP contribution is 2.27. The molecule has 1 unspecified atom stereocenters. The summed E-state index contributed by atoms with van der Waals surface area (Å²) in [5, 5.41) is 2.90. The van der Waals surface area contributed by atoms with Crippen LogP contribution in [0.15, 0.2) is 83.8 Å². The highest BCUT2D eigenvalue weighted by Gasteiger charge is 2.33. The lowest BCUT2D eigenvalue weighted by Gasteiger charge is -2.32. The molecule has 8 heteroatoms. The predicted molar refractivity (Wildman–Crippen MR) is 151 cm³/mol. The van der Waals surface area contributed by atoms with Crippen molar-refractivity contribution in [2.45, 2.75) is 52.1 Å². The fourth-order valence-electron chi connectivity index (χ4n) is 4.00. The SMILES string of the molecule is Cc1ccc(CN(C(=O)CN(c2ccccc2C)S(=O)(=O)c2ccccc2)C(C)C(=O)NCC(C)C)cc1. The lowest BCUT2D eigenvalue weighted by atomic mass is 10.1. The summed E-state index contributed by atoms with van der Waals surface area (Å²) in [7, 11) is -4.07. The van der Waals surface area contributed by atoms with Gasteiger partial charge in [-0.1, -0.05) is 80.1 Å². The van der Waals surface area contributed by atoms with Gasteiger partial charge in [-0.25, -0.2) is 8.42 Å². The third-order valence-electron chi connectivity index (χ3n) is 6.32. The number of nitrogens with zero attached hydrogens (tertiary/aromatic N) is 2. The van der Waals surface area contributed by atoms with Gasteiger partial charge < -0.3 is 10.2 Å². The maximum absolute atomic E-state index is 13.9. The van der Waals surface area contributed by atoms with Gasteiger partial charge in [0.25, 0.3) is 10.0 Å². The molecule has 3 rings (SSSR count). The normalized spacial score (nSPS) is 12.2. The summed E-state index contributed by atoms with van der Waals surface area (Å²) < 4.78 is 28.7. The Balaban J connectivity index is 2.00. The zero-order chi connectivity index (χ0) is 27.9. The standard InChI is InChI=1S/C30H37N3O4S/c1-22(2)19-31-30(35)25(5)32(20-26-17-15-23(3)16-18-26)29(34)21-33(28-14-10-9-11-24(28)4)38(36,37)27-12-7-6-8-13-27/h6-18,22,25H,19-21H2,1-5H3,(H,31,35). The molecule has 0 heterocycles. The number of para-hydroxylation sites is 1. The molecule has 0 fully saturated rings. The van der Waals surface area contributed by atoms with Crippen LogP contribution in [0.3, 0.4) is 0 Å². The molecule has 202 valence electrons. The van der Waals surface area contributed by atoms with E-state index in [1.807, 2.05) is 51.1 Å². The van der Waals surface area contributed by atoms with Crippen LogP contribution >= 0.6 is 0 Å². The van der Waals surface area contributed by atoms with Crippen molar-refractivity contribution in [2.24, 2.45) is 5.92 Å². The molecule has 0 radical (unpaired) electrons. The fraction of sp³-hybridized carbons (Fsp3) is 0.333. The number of sulfonamides is 1. The first-order chi connectivity index (χ1) is 18.0. The number of carbonyl (C=O) groups is 2. The summed E-state index contributed by atoms with van der Waals surface area (Å²) in [4.78, 5) is 28.5. The van der Waals surface area contributed by atoms with E-state index >= 15 is 0 Å². The van der Waals surface area contributed by atoms with Gasteiger partial charge in [-0.05, 0) is 56.0 Å². The Morgan fingerprint density at radius 1 is 0.842 bits per heavy atom. The zero-order valence-corrected chi connectivity index (χ0v) is 23.5. The van der Waals surface area contributed by atoms with Crippen LogP contribution in [0.2, 0.25) is 0 Å². The number of rotatable bonds is 11. The maximum Gasteiger partial charge on any atom is 0.264 e. The average Bonchev–Trinajstić information content (AvgIpc) is 2.90. The molecule has 0 saturated heterocycles. The number of carbonyl (C=O) groups excluding carboxylic acids is 2. The number of hydrogen-bond acceptors (Lipinski definition) is 4. The number of benzene rings is 3. The molecule has 0 aliphatic rings. The molecule has 38 heavy (non-hydrogen) atoms. The van der Waals surface area contributed by atoms with Crippen LogP contribution in [0.1, 0.15) is 37.5 Å². The molecule has 2 amide bonds. The van der Waals surface area contributed by atoms with Crippen LogP contribution in [-0.4, -0.2) is 44.3 Å². The molecule has 0 aliphatic heterocycles. The van der Waals surface area contributed by atoms with Gasteiger partial charge in [-0.2, -0.15) is 0 Å². The van der Waals surface area contributed by atoms with Gasteiger partial charge >= 0.3 is 0 Å². The van der Waals surface area contributed by atoms with Crippen molar-refractivity contribution in [2.75, 3.05) is 17.4 Å². The first kappa shape index (κ1) is 28.9. The molecule has 0 aliphatic carbocycles. The Kier molecular flexibility index (Phi) is 9.69. The smallest absolute Gasteiger partial charge is 0.264 e. The average molecular weight is 536 g/mol. The minimum absolute atomic E-state index is 0.0869. The number of hydrogen-bond donors (Lipinski definition) is 1. The van der Waals surface area contributed by atoms with E-state index in [1.165, 1.54) is 17.0 Å². The van der Waals surface area contributed by atoms with Gasteiger partial charge in [0.15, 0.2) is 0 Å².